The molecule has 2 aromatic rings. The zero-order valence-electron chi connectivity index (χ0n) is 15.2. The van der Waals surface area contributed by atoms with Crippen LogP contribution in [-0.4, -0.2) is 14.2 Å². The highest BCUT2D eigenvalue weighted by Gasteiger charge is 2.20. The van der Waals surface area contributed by atoms with Gasteiger partial charge in [-0.25, -0.2) is 0 Å². The average Bonchev–Trinajstić information content (AvgIpc) is 2.50. The highest BCUT2D eigenvalue weighted by molar-refractivity contribution is 5.97. The number of rotatable bonds is 4. The summed E-state index contributed by atoms with van der Waals surface area (Å²) in [6, 6.07) is 0. The maximum absolute atomic E-state index is 5.51. The molecule has 22 heavy (non-hydrogen) atoms. The number of aryl methyl sites for hydroxylation is 2. The molecule has 120 valence electrons. The van der Waals surface area contributed by atoms with E-state index in [9.17, 15) is 0 Å². The monoisotopic (exact) mass is 300 g/mol. The maximum atomic E-state index is 5.51. The summed E-state index contributed by atoms with van der Waals surface area (Å²) >= 11 is 0. The summed E-state index contributed by atoms with van der Waals surface area (Å²) < 4.78 is 11.0. The van der Waals surface area contributed by atoms with E-state index in [4.69, 9.17) is 9.47 Å². The number of methoxy groups -OCH3 is 2. The standard InChI is InChI=1S/C20H28O2/c1-11-13(3)17(9-21-7)20-18(10-22-8)14(4)12(2)16(6)19(20)15(11)5/h9-10H2,1-8H3. The molecule has 0 aliphatic carbocycles. The Labute approximate surface area is 134 Å². The van der Waals surface area contributed by atoms with E-state index in [1.807, 2.05) is 0 Å². The molecule has 0 aromatic heterocycles. The SMILES string of the molecule is COCc1c(C)c(C)c(C)c2c(C)c(C)c(C)c(COC)c12. The van der Waals surface area contributed by atoms with Gasteiger partial charge in [0, 0.05) is 14.2 Å². The van der Waals surface area contributed by atoms with Gasteiger partial charge in [-0.05, 0) is 96.8 Å². The summed E-state index contributed by atoms with van der Waals surface area (Å²) in [6.07, 6.45) is 0. The van der Waals surface area contributed by atoms with Gasteiger partial charge < -0.3 is 9.47 Å². The third kappa shape index (κ3) is 2.45. The predicted octanol–water partition coefficient (Wildman–Crippen LogP) is 4.98. The molecule has 0 aliphatic heterocycles. The van der Waals surface area contributed by atoms with Gasteiger partial charge in [-0.15, -0.1) is 0 Å². The molecule has 0 N–H and O–H groups in total. The topological polar surface area (TPSA) is 18.5 Å². The van der Waals surface area contributed by atoms with Crippen molar-refractivity contribution in [1.29, 1.82) is 0 Å². The Hall–Kier alpha value is -1.38. The summed E-state index contributed by atoms with van der Waals surface area (Å²) in [7, 11) is 3.54. The Morgan fingerprint density at radius 3 is 1.18 bits per heavy atom. The molecular weight excluding hydrogens is 272 g/mol. The van der Waals surface area contributed by atoms with Gasteiger partial charge in [0.05, 0.1) is 13.2 Å². The van der Waals surface area contributed by atoms with Crippen molar-refractivity contribution in [2.75, 3.05) is 14.2 Å². The average molecular weight is 300 g/mol. The molecular formula is C20H28O2. The fourth-order valence-electron chi connectivity index (χ4n) is 3.55. The largest absolute Gasteiger partial charge is 0.380 e. The van der Waals surface area contributed by atoms with Gasteiger partial charge in [0.25, 0.3) is 0 Å². The van der Waals surface area contributed by atoms with Crippen LogP contribution in [0.4, 0.5) is 0 Å². The first-order valence-electron chi connectivity index (χ1n) is 7.85. The van der Waals surface area contributed by atoms with Crippen molar-refractivity contribution in [3.63, 3.8) is 0 Å². The first-order chi connectivity index (χ1) is 10.4. The molecule has 0 heterocycles. The molecule has 0 saturated carbocycles. The number of hydrogen-bond donors (Lipinski definition) is 0. The van der Waals surface area contributed by atoms with Crippen LogP contribution in [0.1, 0.15) is 44.5 Å². The summed E-state index contributed by atoms with van der Waals surface area (Å²) in [6.45, 7) is 14.6. The van der Waals surface area contributed by atoms with Crippen LogP contribution in [-0.2, 0) is 22.7 Å². The van der Waals surface area contributed by atoms with E-state index in [-0.39, 0.29) is 0 Å². The Morgan fingerprint density at radius 2 is 0.864 bits per heavy atom. The second kappa shape index (κ2) is 6.39. The minimum Gasteiger partial charge on any atom is -0.380 e. The summed E-state index contributed by atoms with van der Waals surface area (Å²) in [4.78, 5) is 0. The molecule has 0 aliphatic rings. The number of ether oxygens (including phenoxy) is 2. The number of fused-ring (bicyclic) bond motifs is 1. The normalized spacial score (nSPS) is 11.5. The van der Waals surface area contributed by atoms with Crippen LogP contribution in [0.5, 0.6) is 0 Å². The fourth-order valence-corrected chi connectivity index (χ4v) is 3.55. The van der Waals surface area contributed by atoms with E-state index in [1.54, 1.807) is 14.2 Å². The molecule has 2 nitrogen and oxygen atoms in total. The molecule has 2 heteroatoms. The van der Waals surface area contributed by atoms with E-state index in [1.165, 1.54) is 55.3 Å². The van der Waals surface area contributed by atoms with Crippen LogP contribution in [0, 0.1) is 41.5 Å². The summed E-state index contributed by atoms with van der Waals surface area (Å²) in [5, 5.41) is 2.72. The number of benzene rings is 2. The molecule has 2 aromatic carbocycles. The van der Waals surface area contributed by atoms with Gasteiger partial charge >= 0.3 is 0 Å². The van der Waals surface area contributed by atoms with Gasteiger partial charge in [-0.1, -0.05) is 0 Å². The Kier molecular flexibility index (Phi) is 4.93. The Bertz CT molecular complexity index is 668. The Balaban J connectivity index is 3.11. The molecule has 0 saturated heterocycles. The lowest BCUT2D eigenvalue weighted by Gasteiger charge is -2.24. The van der Waals surface area contributed by atoms with Crippen LogP contribution in [0.15, 0.2) is 0 Å². The molecule has 0 amide bonds. The minimum atomic E-state index is 0.641. The zero-order chi connectivity index (χ0) is 16.6. The predicted molar refractivity (Wildman–Crippen MR) is 93.8 cm³/mol. The van der Waals surface area contributed by atoms with Crippen molar-refractivity contribution < 1.29 is 9.47 Å². The smallest absolute Gasteiger partial charge is 0.0721 e. The van der Waals surface area contributed by atoms with Gasteiger partial charge in [-0.3, -0.25) is 0 Å². The second-order valence-corrected chi connectivity index (χ2v) is 6.32. The molecule has 0 unspecified atom stereocenters. The molecule has 0 atom stereocenters. The first kappa shape index (κ1) is 17.0. The summed E-state index contributed by atoms with van der Waals surface area (Å²) in [5.41, 5.74) is 10.8. The Morgan fingerprint density at radius 1 is 0.500 bits per heavy atom. The molecule has 2 rings (SSSR count). The van der Waals surface area contributed by atoms with Crippen LogP contribution in [0.3, 0.4) is 0 Å². The number of hydrogen-bond acceptors (Lipinski definition) is 2. The lowest BCUT2D eigenvalue weighted by atomic mass is 9.83. The van der Waals surface area contributed by atoms with Crippen molar-refractivity contribution in [2.24, 2.45) is 0 Å². The zero-order valence-corrected chi connectivity index (χ0v) is 15.2. The fraction of sp³-hybridized carbons (Fsp3) is 0.500. The quantitative estimate of drug-likeness (QED) is 0.792. The van der Waals surface area contributed by atoms with Crippen molar-refractivity contribution in [3.8, 4) is 0 Å². The van der Waals surface area contributed by atoms with Crippen LogP contribution >= 0.6 is 0 Å². The lowest BCUT2D eigenvalue weighted by Crippen LogP contribution is -2.07. The highest BCUT2D eigenvalue weighted by Crippen LogP contribution is 2.38. The molecule has 0 fully saturated rings. The van der Waals surface area contributed by atoms with Crippen LogP contribution in [0.25, 0.3) is 10.8 Å². The van der Waals surface area contributed by atoms with Crippen molar-refractivity contribution in [2.45, 2.75) is 54.8 Å². The van der Waals surface area contributed by atoms with Gasteiger partial charge in [0.2, 0.25) is 0 Å². The van der Waals surface area contributed by atoms with Crippen molar-refractivity contribution in [3.05, 3.63) is 44.5 Å². The van der Waals surface area contributed by atoms with Crippen molar-refractivity contribution >= 4 is 10.8 Å². The van der Waals surface area contributed by atoms with Gasteiger partial charge in [0.15, 0.2) is 0 Å². The van der Waals surface area contributed by atoms with E-state index >= 15 is 0 Å². The lowest BCUT2D eigenvalue weighted by molar-refractivity contribution is 0.182. The van der Waals surface area contributed by atoms with Gasteiger partial charge in [-0.2, -0.15) is 0 Å². The van der Waals surface area contributed by atoms with Gasteiger partial charge in [0.1, 0.15) is 0 Å². The highest BCUT2D eigenvalue weighted by atomic mass is 16.5. The van der Waals surface area contributed by atoms with Crippen molar-refractivity contribution in [1.82, 2.24) is 0 Å². The van der Waals surface area contributed by atoms with E-state index < -0.39 is 0 Å². The molecule has 0 radical (unpaired) electrons. The second-order valence-electron chi connectivity index (χ2n) is 6.32. The third-order valence-corrected chi connectivity index (χ3v) is 5.34. The molecule has 0 bridgehead atoms. The van der Waals surface area contributed by atoms with E-state index in [0.717, 1.165) is 0 Å². The summed E-state index contributed by atoms with van der Waals surface area (Å²) in [5.74, 6) is 0. The van der Waals surface area contributed by atoms with E-state index in [0.29, 0.717) is 13.2 Å². The van der Waals surface area contributed by atoms with E-state index in [2.05, 4.69) is 41.5 Å². The third-order valence-electron chi connectivity index (χ3n) is 5.34. The van der Waals surface area contributed by atoms with Crippen LogP contribution in [0.2, 0.25) is 0 Å². The van der Waals surface area contributed by atoms with Crippen LogP contribution < -0.4 is 0 Å². The molecule has 0 spiro atoms. The first-order valence-corrected chi connectivity index (χ1v) is 7.85. The maximum Gasteiger partial charge on any atom is 0.0721 e. The minimum absolute atomic E-state index is 0.641.